The van der Waals surface area contributed by atoms with E-state index in [1.165, 1.54) is 17.1 Å². The van der Waals surface area contributed by atoms with Crippen LogP contribution in [-0.2, 0) is 9.59 Å². The molecule has 0 radical (unpaired) electrons. The van der Waals surface area contributed by atoms with E-state index in [0.29, 0.717) is 29.4 Å². The molecule has 2 heterocycles. The van der Waals surface area contributed by atoms with Crippen molar-refractivity contribution in [2.24, 2.45) is 10.2 Å². The number of carbonyl (C=O) groups is 2. The summed E-state index contributed by atoms with van der Waals surface area (Å²) >= 11 is 7.33. The second-order valence-corrected chi connectivity index (χ2v) is 9.53. The standard InChI is InChI=1S/C25H22ClN5O6S/c1-3-36-18-10-15(12-27-30-25-29-23(34)20(38-25)11-21(32)33)6-9-17(18)37-19-13-28-31(24(35)22(19)26)16-7-4-14(2)5-8-16/h4-10,12-13,20H,3,11H2,1-2H3,(H,32,33)(H,29,30,34). The number of nitrogens with zero attached hydrogens (tertiary/aromatic N) is 4. The van der Waals surface area contributed by atoms with Crippen LogP contribution >= 0.6 is 23.4 Å². The largest absolute Gasteiger partial charge is 0.490 e. The fourth-order valence-corrected chi connectivity index (χ4v) is 4.41. The van der Waals surface area contributed by atoms with Crippen molar-refractivity contribution >= 4 is 46.6 Å². The lowest BCUT2D eigenvalue weighted by Crippen LogP contribution is -2.26. The molecule has 38 heavy (non-hydrogen) atoms. The zero-order valence-electron chi connectivity index (χ0n) is 20.3. The van der Waals surface area contributed by atoms with Gasteiger partial charge in [-0.15, -0.1) is 5.10 Å². The van der Waals surface area contributed by atoms with Gasteiger partial charge < -0.3 is 19.9 Å². The molecule has 1 aliphatic rings. The van der Waals surface area contributed by atoms with E-state index in [1.54, 1.807) is 37.3 Å². The number of carbonyl (C=O) groups excluding carboxylic acids is 1. The van der Waals surface area contributed by atoms with Crippen molar-refractivity contribution in [3.8, 4) is 22.9 Å². The number of aromatic nitrogens is 2. The number of amidine groups is 1. The second-order valence-electron chi connectivity index (χ2n) is 7.96. The fourth-order valence-electron chi connectivity index (χ4n) is 3.33. The number of halogens is 1. The Labute approximate surface area is 226 Å². The predicted molar refractivity (Wildman–Crippen MR) is 144 cm³/mol. The van der Waals surface area contributed by atoms with Crippen molar-refractivity contribution in [1.82, 2.24) is 15.1 Å². The summed E-state index contributed by atoms with van der Waals surface area (Å²) in [5, 5.41) is 22.8. The number of aryl methyl sites for hydroxylation is 1. The number of nitrogens with one attached hydrogen (secondary N) is 1. The fraction of sp³-hybridized carbons (Fsp3) is 0.200. The molecule has 13 heteroatoms. The molecule has 1 aromatic heterocycles. The number of aliphatic carboxylic acids is 1. The minimum atomic E-state index is -1.07. The molecular formula is C25H22ClN5O6S. The molecule has 1 fully saturated rings. The van der Waals surface area contributed by atoms with Crippen molar-refractivity contribution in [1.29, 1.82) is 0 Å². The van der Waals surface area contributed by atoms with Gasteiger partial charge in [-0.2, -0.15) is 14.9 Å². The summed E-state index contributed by atoms with van der Waals surface area (Å²) < 4.78 is 12.7. The average molecular weight is 556 g/mol. The van der Waals surface area contributed by atoms with E-state index in [0.717, 1.165) is 17.3 Å². The number of hydrogen-bond donors (Lipinski definition) is 2. The zero-order valence-corrected chi connectivity index (χ0v) is 21.8. The minimum absolute atomic E-state index is 0.0683. The molecule has 0 aliphatic carbocycles. The highest BCUT2D eigenvalue weighted by molar-refractivity contribution is 8.15. The van der Waals surface area contributed by atoms with Crippen LogP contribution in [0.1, 0.15) is 24.5 Å². The van der Waals surface area contributed by atoms with Gasteiger partial charge in [0.15, 0.2) is 27.4 Å². The highest BCUT2D eigenvalue weighted by atomic mass is 35.5. The summed E-state index contributed by atoms with van der Waals surface area (Å²) in [6, 6.07) is 12.2. The molecule has 0 bridgehead atoms. The van der Waals surface area contributed by atoms with Crippen LogP contribution in [0, 0.1) is 6.92 Å². The smallest absolute Gasteiger partial charge is 0.305 e. The van der Waals surface area contributed by atoms with E-state index >= 15 is 0 Å². The van der Waals surface area contributed by atoms with E-state index in [9.17, 15) is 14.4 Å². The first kappa shape index (κ1) is 26.9. The Hall–Kier alpha value is -4.16. The van der Waals surface area contributed by atoms with E-state index in [1.807, 2.05) is 19.1 Å². The van der Waals surface area contributed by atoms with Crippen LogP contribution in [0.5, 0.6) is 17.2 Å². The lowest BCUT2D eigenvalue weighted by Gasteiger charge is -2.13. The lowest BCUT2D eigenvalue weighted by atomic mass is 10.2. The molecule has 0 spiro atoms. The summed E-state index contributed by atoms with van der Waals surface area (Å²) in [4.78, 5) is 35.5. The predicted octanol–water partition coefficient (Wildman–Crippen LogP) is 3.78. The lowest BCUT2D eigenvalue weighted by molar-refractivity contribution is -0.138. The van der Waals surface area contributed by atoms with Crippen molar-refractivity contribution in [3.63, 3.8) is 0 Å². The molecular weight excluding hydrogens is 534 g/mol. The first-order valence-corrected chi connectivity index (χ1v) is 12.6. The van der Waals surface area contributed by atoms with E-state index in [2.05, 4.69) is 20.6 Å². The Balaban J connectivity index is 1.52. The van der Waals surface area contributed by atoms with E-state index < -0.39 is 22.7 Å². The third-order valence-electron chi connectivity index (χ3n) is 5.14. The maximum Gasteiger partial charge on any atom is 0.305 e. The summed E-state index contributed by atoms with van der Waals surface area (Å²) in [6.07, 6.45) is 2.49. The molecule has 3 aromatic rings. The zero-order chi connectivity index (χ0) is 27.2. The number of hydrogen-bond acceptors (Lipinski definition) is 9. The molecule has 4 rings (SSSR count). The topological polar surface area (TPSA) is 144 Å². The van der Waals surface area contributed by atoms with Crippen molar-refractivity contribution in [3.05, 3.63) is 75.2 Å². The molecule has 196 valence electrons. The van der Waals surface area contributed by atoms with Gasteiger partial charge in [0.1, 0.15) is 5.25 Å². The molecule has 1 unspecified atom stereocenters. The Morgan fingerprint density at radius 1 is 1.21 bits per heavy atom. The number of amides is 1. The van der Waals surface area contributed by atoms with Gasteiger partial charge in [-0.05, 0) is 49.7 Å². The van der Waals surface area contributed by atoms with Crippen LogP contribution in [0.15, 0.2) is 63.7 Å². The molecule has 2 N–H and O–H groups in total. The number of rotatable bonds is 9. The number of thioether (sulfide) groups is 1. The highest BCUT2D eigenvalue weighted by Gasteiger charge is 2.32. The van der Waals surface area contributed by atoms with Gasteiger partial charge in [-0.25, -0.2) is 0 Å². The molecule has 1 saturated heterocycles. The molecule has 2 aromatic carbocycles. The summed E-state index contributed by atoms with van der Waals surface area (Å²) in [6.45, 7) is 4.09. The van der Waals surface area contributed by atoms with Crippen LogP contribution in [0.2, 0.25) is 5.02 Å². The summed E-state index contributed by atoms with van der Waals surface area (Å²) in [7, 11) is 0. The number of ether oxygens (including phenoxy) is 2. The molecule has 11 nitrogen and oxygen atoms in total. The SMILES string of the molecule is CCOc1cc(C=NN=C2NC(=O)C(CC(=O)O)S2)ccc1Oc1cnn(-c2ccc(C)cc2)c(=O)c1Cl. The Morgan fingerprint density at radius 2 is 1.97 bits per heavy atom. The van der Waals surface area contributed by atoms with Crippen LogP contribution in [0.4, 0.5) is 0 Å². The van der Waals surface area contributed by atoms with Gasteiger partial charge in [0, 0.05) is 0 Å². The van der Waals surface area contributed by atoms with Gasteiger partial charge >= 0.3 is 5.97 Å². The molecule has 0 saturated carbocycles. The van der Waals surface area contributed by atoms with E-state index in [-0.39, 0.29) is 22.4 Å². The van der Waals surface area contributed by atoms with Gasteiger partial charge in [0.05, 0.1) is 31.1 Å². The number of carboxylic acids is 1. The molecule has 1 aliphatic heterocycles. The number of carboxylic acid groups (broad SMARTS) is 1. The second kappa shape index (κ2) is 11.9. The monoisotopic (exact) mass is 555 g/mol. The van der Waals surface area contributed by atoms with Crippen LogP contribution in [0.3, 0.4) is 0 Å². The van der Waals surface area contributed by atoms with E-state index in [4.69, 9.17) is 26.2 Å². The van der Waals surface area contributed by atoms with Gasteiger partial charge in [-0.1, -0.05) is 41.1 Å². The van der Waals surface area contributed by atoms with Gasteiger partial charge in [0.25, 0.3) is 5.56 Å². The maximum absolute atomic E-state index is 12.8. The third-order valence-corrected chi connectivity index (χ3v) is 6.56. The summed E-state index contributed by atoms with van der Waals surface area (Å²) in [5.74, 6) is -0.753. The molecule has 1 atom stereocenters. The molecule has 1 amide bonds. The Morgan fingerprint density at radius 3 is 2.68 bits per heavy atom. The van der Waals surface area contributed by atoms with Crippen molar-refractivity contribution in [2.45, 2.75) is 25.5 Å². The van der Waals surface area contributed by atoms with Crippen molar-refractivity contribution in [2.75, 3.05) is 6.61 Å². The number of benzene rings is 2. The summed E-state index contributed by atoms with van der Waals surface area (Å²) in [5.41, 5.74) is 1.70. The van der Waals surface area contributed by atoms with Crippen LogP contribution in [-0.4, -0.2) is 50.0 Å². The normalized spacial score (nSPS) is 16.1. The van der Waals surface area contributed by atoms with Gasteiger partial charge in [0.2, 0.25) is 5.91 Å². The average Bonchev–Trinajstić information content (AvgIpc) is 3.22. The van der Waals surface area contributed by atoms with Crippen LogP contribution in [0.25, 0.3) is 5.69 Å². The first-order chi connectivity index (χ1) is 18.2. The maximum atomic E-state index is 12.8. The van der Waals surface area contributed by atoms with Crippen LogP contribution < -0.4 is 20.3 Å². The quantitative estimate of drug-likeness (QED) is 0.300. The highest BCUT2D eigenvalue weighted by Crippen LogP contribution is 2.34. The Kier molecular flexibility index (Phi) is 8.44. The first-order valence-electron chi connectivity index (χ1n) is 11.3. The van der Waals surface area contributed by atoms with Crippen molar-refractivity contribution < 1.29 is 24.2 Å². The minimum Gasteiger partial charge on any atom is -0.490 e. The van der Waals surface area contributed by atoms with Gasteiger partial charge in [-0.3, -0.25) is 14.4 Å². The Bertz CT molecular complexity index is 1490. The third kappa shape index (κ3) is 6.39.